The Bertz CT molecular complexity index is 1030. The summed E-state index contributed by atoms with van der Waals surface area (Å²) in [4.78, 5) is 12.9. The molecule has 6 nitrogen and oxygen atoms in total. The second kappa shape index (κ2) is 9.97. The maximum absolute atomic E-state index is 13.1. The Kier molecular flexibility index (Phi) is 7.56. The molecule has 2 aromatic carbocycles. The van der Waals surface area contributed by atoms with Gasteiger partial charge in [-0.25, -0.2) is 12.8 Å². The van der Waals surface area contributed by atoms with Crippen molar-refractivity contribution in [1.82, 2.24) is 9.62 Å². The van der Waals surface area contributed by atoms with Crippen molar-refractivity contribution in [2.45, 2.75) is 37.6 Å². The molecule has 31 heavy (non-hydrogen) atoms. The molecule has 1 fully saturated rings. The van der Waals surface area contributed by atoms with Gasteiger partial charge in [0.15, 0.2) is 0 Å². The van der Waals surface area contributed by atoms with Gasteiger partial charge in [0, 0.05) is 13.1 Å². The summed E-state index contributed by atoms with van der Waals surface area (Å²) in [7, 11) is -3.80. The molecular formula is C22H26ClFN2O4S. The highest BCUT2D eigenvalue weighted by atomic mass is 35.5. The SMILES string of the molecule is CCOc1ccc(S(=O)(=O)N2CCC[C@H](C(=O)N[C@@H](C)c3ccc(F)cc3)C2)cc1Cl. The minimum absolute atomic E-state index is 0.0710. The van der Waals surface area contributed by atoms with Crippen LogP contribution in [0.15, 0.2) is 47.4 Å². The smallest absolute Gasteiger partial charge is 0.243 e. The lowest BCUT2D eigenvalue weighted by Gasteiger charge is -2.32. The van der Waals surface area contributed by atoms with Crippen LogP contribution in [0.1, 0.15) is 38.3 Å². The molecular weight excluding hydrogens is 443 g/mol. The summed E-state index contributed by atoms with van der Waals surface area (Å²) >= 11 is 6.16. The Labute approximate surface area is 187 Å². The van der Waals surface area contributed by atoms with Crippen LogP contribution in [0.2, 0.25) is 5.02 Å². The van der Waals surface area contributed by atoms with Crippen molar-refractivity contribution in [3.05, 3.63) is 58.9 Å². The lowest BCUT2D eigenvalue weighted by atomic mass is 9.98. The van der Waals surface area contributed by atoms with E-state index in [4.69, 9.17) is 16.3 Å². The third-order valence-electron chi connectivity index (χ3n) is 5.32. The molecule has 168 valence electrons. The van der Waals surface area contributed by atoms with Crippen LogP contribution in [0.5, 0.6) is 5.75 Å². The summed E-state index contributed by atoms with van der Waals surface area (Å²) in [6.45, 7) is 4.48. The first-order valence-corrected chi connectivity index (χ1v) is 12.0. The van der Waals surface area contributed by atoms with E-state index >= 15 is 0 Å². The second-order valence-electron chi connectivity index (χ2n) is 7.51. The lowest BCUT2D eigenvalue weighted by molar-refractivity contribution is -0.126. The molecule has 0 radical (unpaired) electrons. The van der Waals surface area contributed by atoms with E-state index in [2.05, 4.69) is 5.32 Å². The average molecular weight is 469 g/mol. The topological polar surface area (TPSA) is 75.7 Å². The van der Waals surface area contributed by atoms with Crippen molar-refractivity contribution in [2.24, 2.45) is 5.92 Å². The molecule has 0 bridgehead atoms. The number of sulfonamides is 1. The van der Waals surface area contributed by atoms with Gasteiger partial charge in [0.2, 0.25) is 15.9 Å². The van der Waals surface area contributed by atoms with Gasteiger partial charge in [-0.1, -0.05) is 23.7 Å². The van der Waals surface area contributed by atoms with E-state index in [1.54, 1.807) is 12.1 Å². The zero-order valence-electron chi connectivity index (χ0n) is 17.5. The van der Waals surface area contributed by atoms with E-state index in [1.807, 2.05) is 13.8 Å². The fraction of sp³-hybridized carbons (Fsp3) is 0.409. The van der Waals surface area contributed by atoms with Crippen molar-refractivity contribution in [1.29, 1.82) is 0 Å². The second-order valence-corrected chi connectivity index (χ2v) is 9.85. The van der Waals surface area contributed by atoms with E-state index in [1.165, 1.54) is 34.6 Å². The van der Waals surface area contributed by atoms with Crippen LogP contribution >= 0.6 is 11.6 Å². The Balaban J connectivity index is 1.69. The van der Waals surface area contributed by atoms with Gasteiger partial charge in [-0.3, -0.25) is 4.79 Å². The van der Waals surface area contributed by atoms with Gasteiger partial charge in [0.05, 0.1) is 28.5 Å². The molecule has 0 spiro atoms. The summed E-state index contributed by atoms with van der Waals surface area (Å²) in [5.41, 5.74) is 0.777. The first kappa shape index (κ1) is 23.5. The Hall–Kier alpha value is -2.16. The predicted molar refractivity (Wildman–Crippen MR) is 117 cm³/mol. The van der Waals surface area contributed by atoms with Crippen LogP contribution in [0.25, 0.3) is 0 Å². The van der Waals surface area contributed by atoms with Crippen molar-refractivity contribution in [3.8, 4) is 5.75 Å². The normalized spacial score (nSPS) is 18.4. The minimum Gasteiger partial charge on any atom is -0.492 e. The number of rotatable bonds is 7. The van der Waals surface area contributed by atoms with Gasteiger partial charge in [0.1, 0.15) is 11.6 Å². The highest BCUT2D eigenvalue weighted by Gasteiger charge is 2.34. The van der Waals surface area contributed by atoms with Crippen LogP contribution in [0.3, 0.4) is 0 Å². The Morgan fingerprint density at radius 2 is 2.00 bits per heavy atom. The van der Waals surface area contributed by atoms with Crippen LogP contribution in [-0.4, -0.2) is 38.3 Å². The molecule has 9 heteroatoms. The molecule has 1 heterocycles. The van der Waals surface area contributed by atoms with E-state index in [9.17, 15) is 17.6 Å². The molecule has 2 aromatic rings. The number of carbonyl (C=O) groups excluding carboxylic acids is 1. The molecule has 0 aromatic heterocycles. The Morgan fingerprint density at radius 3 is 2.65 bits per heavy atom. The molecule has 1 saturated heterocycles. The summed E-state index contributed by atoms with van der Waals surface area (Å²) < 4.78 is 46.0. The highest BCUT2D eigenvalue weighted by molar-refractivity contribution is 7.89. The van der Waals surface area contributed by atoms with E-state index in [0.29, 0.717) is 31.7 Å². The minimum atomic E-state index is -3.80. The quantitative estimate of drug-likeness (QED) is 0.662. The van der Waals surface area contributed by atoms with Crippen LogP contribution in [0, 0.1) is 11.7 Å². The van der Waals surface area contributed by atoms with Gasteiger partial charge in [-0.05, 0) is 62.6 Å². The largest absolute Gasteiger partial charge is 0.492 e. The maximum Gasteiger partial charge on any atom is 0.243 e. The first-order chi connectivity index (χ1) is 14.7. The standard InChI is InChI=1S/C22H26ClFN2O4S/c1-3-30-21-11-10-19(13-20(21)23)31(28,29)26-12-4-5-17(14-26)22(27)25-15(2)16-6-8-18(24)9-7-16/h6-11,13,15,17H,3-5,12,14H2,1-2H3,(H,25,27)/t15-,17-/m0/s1. The monoisotopic (exact) mass is 468 g/mol. The van der Waals surface area contributed by atoms with Gasteiger partial charge in [-0.2, -0.15) is 4.31 Å². The van der Waals surface area contributed by atoms with Gasteiger partial charge in [0.25, 0.3) is 0 Å². The molecule has 0 aliphatic carbocycles. The number of benzene rings is 2. The number of halogens is 2. The molecule has 1 amide bonds. The zero-order chi connectivity index (χ0) is 22.6. The number of carbonyl (C=O) groups is 1. The molecule has 1 N–H and O–H groups in total. The van der Waals surface area contributed by atoms with Crippen molar-refractivity contribution in [3.63, 3.8) is 0 Å². The van der Waals surface area contributed by atoms with Crippen LogP contribution in [0.4, 0.5) is 4.39 Å². The molecule has 1 aliphatic rings. The number of piperidine rings is 1. The maximum atomic E-state index is 13.1. The fourth-order valence-electron chi connectivity index (χ4n) is 3.60. The average Bonchev–Trinajstić information content (AvgIpc) is 2.75. The van der Waals surface area contributed by atoms with Crippen molar-refractivity contribution >= 4 is 27.5 Å². The predicted octanol–water partition coefficient (Wildman–Crippen LogP) is 4.16. The van der Waals surface area contributed by atoms with Gasteiger partial charge in [-0.15, -0.1) is 0 Å². The molecule has 2 atom stereocenters. The molecule has 0 saturated carbocycles. The summed E-state index contributed by atoms with van der Waals surface area (Å²) in [6, 6.07) is 9.99. The molecule has 1 aliphatic heterocycles. The van der Waals surface area contributed by atoms with E-state index in [0.717, 1.165) is 5.56 Å². The third kappa shape index (κ3) is 5.56. The number of nitrogens with one attached hydrogen (secondary N) is 1. The number of amides is 1. The van der Waals surface area contributed by atoms with Gasteiger partial charge < -0.3 is 10.1 Å². The van der Waals surface area contributed by atoms with Crippen LogP contribution < -0.4 is 10.1 Å². The third-order valence-corrected chi connectivity index (χ3v) is 7.48. The van der Waals surface area contributed by atoms with E-state index < -0.39 is 15.9 Å². The number of ether oxygens (including phenoxy) is 1. The molecule has 0 unspecified atom stereocenters. The number of nitrogens with zero attached hydrogens (tertiary/aromatic N) is 1. The zero-order valence-corrected chi connectivity index (χ0v) is 19.0. The van der Waals surface area contributed by atoms with Gasteiger partial charge >= 0.3 is 0 Å². The summed E-state index contributed by atoms with van der Waals surface area (Å²) in [5.74, 6) is -0.607. The first-order valence-electron chi connectivity index (χ1n) is 10.2. The lowest BCUT2D eigenvalue weighted by Crippen LogP contribution is -2.45. The number of hydrogen-bond donors (Lipinski definition) is 1. The summed E-state index contributed by atoms with van der Waals surface area (Å²) in [6.07, 6.45) is 1.17. The van der Waals surface area contributed by atoms with Crippen LogP contribution in [-0.2, 0) is 14.8 Å². The van der Waals surface area contributed by atoms with Crippen molar-refractivity contribution in [2.75, 3.05) is 19.7 Å². The van der Waals surface area contributed by atoms with Crippen molar-refractivity contribution < 1.29 is 22.3 Å². The van der Waals surface area contributed by atoms with E-state index in [-0.39, 0.29) is 34.2 Å². The number of hydrogen-bond acceptors (Lipinski definition) is 4. The highest BCUT2D eigenvalue weighted by Crippen LogP contribution is 2.30. The summed E-state index contributed by atoms with van der Waals surface area (Å²) in [5, 5.41) is 3.13. The molecule has 3 rings (SSSR count). The Morgan fingerprint density at radius 1 is 1.29 bits per heavy atom. The fourth-order valence-corrected chi connectivity index (χ4v) is 5.45.